The number of sulfone groups is 1. The molecule has 2 aromatic carbocycles. The maximum Gasteiger partial charge on any atom is 0.227 e. The Morgan fingerprint density at radius 3 is 2.50 bits per heavy atom. The number of carbonyl (C=O) groups excluding carboxylic acids is 1. The van der Waals surface area contributed by atoms with Crippen LogP contribution in [0.3, 0.4) is 0 Å². The van der Waals surface area contributed by atoms with E-state index in [1.165, 1.54) is 18.2 Å². The van der Waals surface area contributed by atoms with Crippen molar-refractivity contribution in [1.29, 1.82) is 0 Å². The average Bonchev–Trinajstić information content (AvgIpc) is 2.96. The molecule has 0 aliphatic carbocycles. The second kappa shape index (κ2) is 7.76. The van der Waals surface area contributed by atoms with Gasteiger partial charge in [-0.05, 0) is 24.1 Å². The van der Waals surface area contributed by atoms with Crippen LogP contribution in [-0.4, -0.2) is 36.8 Å². The van der Waals surface area contributed by atoms with Crippen molar-refractivity contribution in [2.75, 3.05) is 11.5 Å². The van der Waals surface area contributed by atoms with E-state index in [1.807, 2.05) is 30.3 Å². The van der Waals surface area contributed by atoms with Crippen LogP contribution in [0.15, 0.2) is 48.5 Å². The van der Waals surface area contributed by atoms with E-state index >= 15 is 0 Å². The van der Waals surface area contributed by atoms with Gasteiger partial charge in [-0.2, -0.15) is 0 Å². The van der Waals surface area contributed by atoms with E-state index in [0.29, 0.717) is 6.42 Å². The lowest BCUT2D eigenvalue weighted by molar-refractivity contribution is -0.133. The van der Waals surface area contributed by atoms with Gasteiger partial charge in [-0.15, -0.1) is 0 Å². The van der Waals surface area contributed by atoms with Crippen LogP contribution in [0.1, 0.15) is 17.5 Å². The molecule has 26 heavy (non-hydrogen) atoms. The van der Waals surface area contributed by atoms with E-state index in [0.717, 1.165) is 5.56 Å². The standard InChI is InChI=1S/C19H19ClFNO3S/c20-17-7-4-8-18(21)16(17)11-19(23)22(12-14-5-2-1-3-6-14)15-9-10-26(24,25)13-15/h1-8,15H,9-13H2/t15-/m1/s1. The van der Waals surface area contributed by atoms with E-state index in [4.69, 9.17) is 11.6 Å². The summed E-state index contributed by atoms with van der Waals surface area (Å²) in [6.07, 6.45) is 0.195. The minimum absolute atomic E-state index is 0.0590. The van der Waals surface area contributed by atoms with Crippen LogP contribution < -0.4 is 0 Å². The molecule has 7 heteroatoms. The number of hydrogen-bond donors (Lipinski definition) is 0. The zero-order valence-electron chi connectivity index (χ0n) is 14.1. The molecule has 1 fully saturated rings. The van der Waals surface area contributed by atoms with Crippen LogP contribution in [0, 0.1) is 5.82 Å². The highest BCUT2D eigenvalue weighted by Crippen LogP contribution is 2.24. The predicted octanol–water partition coefficient (Wildman–Crippen LogP) is 3.24. The number of halogens is 2. The Morgan fingerprint density at radius 2 is 1.88 bits per heavy atom. The Balaban J connectivity index is 1.86. The molecule has 4 nitrogen and oxygen atoms in total. The van der Waals surface area contributed by atoms with Crippen molar-refractivity contribution in [3.05, 3.63) is 70.5 Å². The highest BCUT2D eigenvalue weighted by Gasteiger charge is 2.35. The highest BCUT2D eigenvalue weighted by atomic mass is 35.5. The first-order chi connectivity index (χ1) is 12.4. The monoisotopic (exact) mass is 395 g/mol. The fraction of sp³-hybridized carbons (Fsp3) is 0.316. The van der Waals surface area contributed by atoms with Crippen LogP contribution >= 0.6 is 11.6 Å². The van der Waals surface area contributed by atoms with Gasteiger partial charge in [0.25, 0.3) is 0 Å². The lowest BCUT2D eigenvalue weighted by Gasteiger charge is -2.29. The fourth-order valence-electron chi connectivity index (χ4n) is 3.18. The second-order valence-corrected chi connectivity index (χ2v) is 9.08. The SMILES string of the molecule is O=C(Cc1c(F)cccc1Cl)N(Cc1ccccc1)[C@@H]1CCS(=O)(=O)C1. The number of rotatable bonds is 5. The number of carbonyl (C=O) groups is 1. The number of nitrogens with zero attached hydrogens (tertiary/aromatic N) is 1. The van der Waals surface area contributed by atoms with E-state index in [2.05, 4.69) is 0 Å². The maximum absolute atomic E-state index is 14.1. The van der Waals surface area contributed by atoms with Crippen molar-refractivity contribution < 1.29 is 17.6 Å². The average molecular weight is 396 g/mol. The van der Waals surface area contributed by atoms with E-state index in [1.54, 1.807) is 4.90 Å². The van der Waals surface area contributed by atoms with Crippen molar-refractivity contribution in [3.8, 4) is 0 Å². The fourth-order valence-corrected chi connectivity index (χ4v) is 5.14. The number of amides is 1. The molecule has 1 aliphatic heterocycles. The van der Waals surface area contributed by atoms with Crippen LogP contribution in [0.2, 0.25) is 5.02 Å². The van der Waals surface area contributed by atoms with Gasteiger partial charge in [0.1, 0.15) is 5.82 Å². The molecule has 0 spiro atoms. The van der Waals surface area contributed by atoms with Crippen molar-refractivity contribution in [2.24, 2.45) is 0 Å². The highest BCUT2D eigenvalue weighted by molar-refractivity contribution is 7.91. The topological polar surface area (TPSA) is 54.5 Å². The van der Waals surface area contributed by atoms with Crippen LogP contribution in [0.5, 0.6) is 0 Å². The first-order valence-electron chi connectivity index (χ1n) is 8.32. The first-order valence-corrected chi connectivity index (χ1v) is 10.5. The third kappa shape index (κ3) is 4.43. The van der Waals surface area contributed by atoms with Crippen molar-refractivity contribution >= 4 is 27.3 Å². The molecule has 0 bridgehead atoms. The summed E-state index contributed by atoms with van der Waals surface area (Å²) < 4.78 is 37.8. The summed E-state index contributed by atoms with van der Waals surface area (Å²) >= 11 is 6.04. The Bertz CT molecular complexity index is 882. The van der Waals surface area contributed by atoms with Gasteiger partial charge >= 0.3 is 0 Å². The Hall–Kier alpha value is -1.92. The Morgan fingerprint density at radius 1 is 1.15 bits per heavy atom. The maximum atomic E-state index is 14.1. The summed E-state index contributed by atoms with van der Waals surface area (Å²) in [6, 6.07) is 13.2. The Kier molecular flexibility index (Phi) is 5.63. The van der Waals surface area contributed by atoms with Crippen molar-refractivity contribution in [2.45, 2.75) is 25.4 Å². The van der Waals surface area contributed by atoms with Gasteiger partial charge in [0.2, 0.25) is 5.91 Å². The van der Waals surface area contributed by atoms with Crippen LogP contribution in [-0.2, 0) is 27.6 Å². The van der Waals surface area contributed by atoms with Gasteiger partial charge < -0.3 is 4.90 Å². The molecule has 0 aromatic heterocycles. The van der Waals surface area contributed by atoms with Gasteiger partial charge in [-0.1, -0.05) is 48.0 Å². The van der Waals surface area contributed by atoms with E-state index in [9.17, 15) is 17.6 Å². The minimum atomic E-state index is -3.15. The third-order valence-corrected chi connectivity index (χ3v) is 6.66. The van der Waals surface area contributed by atoms with Gasteiger partial charge in [0, 0.05) is 23.2 Å². The normalized spacial score (nSPS) is 18.6. The summed E-state index contributed by atoms with van der Waals surface area (Å²) in [6.45, 7) is 0.284. The first kappa shape index (κ1) is 18.9. The molecule has 0 saturated carbocycles. The van der Waals surface area contributed by atoms with Crippen molar-refractivity contribution in [3.63, 3.8) is 0 Å². The quantitative estimate of drug-likeness (QED) is 0.781. The largest absolute Gasteiger partial charge is 0.334 e. The molecule has 0 radical (unpaired) electrons. The number of hydrogen-bond acceptors (Lipinski definition) is 3. The molecule has 2 aromatic rings. The van der Waals surface area contributed by atoms with Gasteiger partial charge in [0.05, 0.1) is 17.9 Å². The Labute approximate surface area is 157 Å². The predicted molar refractivity (Wildman–Crippen MR) is 99.2 cm³/mol. The molecule has 1 atom stereocenters. The van der Waals surface area contributed by atoms with Crippen LogP contribution in [0.4, 0.5) is 4.39 Å². The number of benzene rings is 2. The molecule has 3 rings (SSSR count). The molecule has 1 saturated heterocycles. The van der Waals surface area contributed by atoms with E-state index in [-0.39, 0.29) is 41.0 Å². The minimum Gasteiger partial charge on any atom is -0.334 e. The zero-order valence-corrected chi connectivity index (χ0v) is 15.6. The lowest BCUT2D eigenvalue weighted by atomic mass is 10.1. The zero-order chi connectivity index (χ0) is 18.7. The third-order valence-electron chi connectivity index (χ3n) is 4.55. The molecule has 1 heterocycles. The molecule has 1 aliphatic rings. The van der Waals surface area contributed by atoms with E-state index < -0.39 is 21.7 Å². The molecule has 138 valence electrons. The van der Waals surface area contributed by atoms with Crippen LogP contribution in [0.25, 0.3) is 0 Å². The lowest BCUT2D eigenvalue weighted by Crippen LogP contribution is -2.41. The van der Waals surface area contributed by atoms with Crippen molar-refractivity contribution in [1.82, 2.24) is 4.90 Å². The summed E-state index contributed by atoms with van der Waals surface area (Å²) in [5, 5.41) is 0.192. The molecular weight excluding hydrogens is 377 g/mol. The summed E-state index contributed by atoms with van der Waals surface area (Å²) in [4.78, 5) is 14.5. The van der Waals surface area contributed by atoms with Gasteiger partial charge in [-0.3, -0.25) is 4.79 Å². The summed E-state index contributed by atoms with van der Waals surface area (Å²) in [5.74, 6) is -0.861. The summed E-state index contributed by atoms with van der Waals surface area (Å²) in [5.41, 5.74) is 1.03. The van der Waals surface area contributed by atoms with Gasteiger partial charge in [-0.25, -0.2) is 12.8 Å². The molecular formula is C19H19ClFNO3S. The molecule has 0 N–H and O–H groups in total. The summed E-state index contributed by atoms with van der Waals surface area (Å²) in [7, 11) is -3.15. The molecule has 1 amide bonds. The second-order valence-electron chi connectivity index (χ2n) is 6.44. The smallest absolute Gasteiger partial charge is 0.227 e. The van der Waals surface area contributed by atoms with Gasteiger partial charge in [0.15, 0.2) is 9.84 Å². The molecule has 0 unspecified atom stereocenters.